The molecule has 0 aromatic heterocycles. The Bertz CT molecular complexity index is 174. The number of ether oxygens (including phenoxy) is 1. The van der Waals surface area contributed by atoms with Crippen LogP contribution in [-0.4, -0.2) is 36.5 Å². The van der Waals surface area contributed by atoms with E-state index in [1.54, 1.807) is 0 Å². The molecule has 4 N–H and O–H groups in total. The summed E-state index contributed by atoms with van der Waals surface area (Å²) in [6, 6.07) is -0.681. The Kier molecular flexibility index (Phi) is 5.48. The molecule has 5 nitrogen and oxygen atoms in total. The van der Waals surface area contributed by atoms with Crippen molar-refractivity contribution in [2.45, 2.75) is 6.04 Å². The summed E-state index contributed by atoms with van der Waals surface area (Å²) in [5, 5.41) is 0. The molecule has 0 saturated heterocycles. The highest BCUT2D eigenvalue weighted by Crippen LogP contribution is 2.01. The number of carbonyl (C=O) groups is 2. The molecule has 0 aromatic rings. The Morgan fingerprint density at radius 1 is 1.58 bits per heavy atom. The number of hydrogen-bond acceptors (Lipinski definition) is 5. The van der Waals surface area contributed by atoms with E-state index < -0.39 is 17.9 Å². The zero-order chi connectivity index (χ0) is 9.56. The minimum Gasteiger partial charge on any atom is -0.468 e. The minimum absolute atomic E-state index is 0.171. The molecule has 0 saturated carbocycles. The van der Waals surface area contributed by atoms with E-state index in [0.717, 1.165) is 0 Å². The van der Waals surface area contributed by atoms with Gasteiger partial charge in [-0.05, 0) is 0 Å². The van der Waals surface area contributed by atoms with Gasteiger partial charge in [0.1, 0.15) is 6.04 Å². The van der Waals surface area contributed by atoms with Gasteiger partial charge in [-0.1, -0.05) is 0 Å². The number of thioether (sulfide) groups is 1. The number of carbonyl (C=O) groups excluding carboxylic acids is 2. The molecule has 0 aliphatic rings. The number of amides is 1. The third-order valence-corrected chi connectivity index (χ3v) is 2.13. The first-order chi connectivity index (χ1) is 5.57. The standard InChI is InChI=1S/C6H12N2O3S/c1-11-6(10)4(7)2-12-3-5(8)9/h4H,2-3,7H2,1H3,(H2,8,9). The highest BCUT2D eigenvalue weighted by Gasteiger charge is 2.13. The number of hydrogen-bond donors (Lipinski definition) is 2. The van der Waals surface area contributed by atoms with Crippen molar-refractivity contribution in [3.8, 4) is 0 Å². The molecular formula is C6H12N2O3S. The second kappa shape index (κ2) is 5.84. The molecule has 6 heteroatoms. The average Bonchev–Trinajstić information content (AvgIpc) is 2.02. The van der Waals surface area contributed by atoms with Crippen molar-refractivity contribution in [3.63, 3.8) is 0 Å². The molecule has 1 unspecified atom stereocenters. The number of rotatable bonds is 5. The Morgan fingerprint density at radius 2 is 2.17 bits per heavy atom. The van der Waals surface area contributed by atoms with Crippen LogP contribution < -0.4 is 11.5 Å². The van der Waals surface area contributed by atoms with Gasteiger partial charge >= 0.3 is 5.97 Å². The van der Waals surface area contributed by atoms with Crippen LogP contribution in [-0.2, 0) is 14.3 Å². The molecular weight excluding hydrogens is 180 g/mol. The van der Waals surface area contributed by atoms with Crippen molar-refractivity contribution >= 4 is 23.6 Å². The van der Waals surface area contributed by atoms with E-state index in [1.165, 1.54) is 18.9 Å². The lowest BCUT2D eigenvalue weighted by atomic mass is 10.4. The summed E-state index contributed by atoms with van der Waals surface area (Å²) in [7, 11) is 1.26. The third-order valence-electron chi connectivity index (χ3n) is 1.05. The van der Waals surface area contributed by atoms with E-state index in [2.05, 4.69) is 4.74 Å². The van der Waals surface area contributed by atoms with Crippen LogP contribution in [0.25, 0.3) is 0 Å². The molecule has 0 aliphatic heterocycles. The highest BCUT2D eigenvalue weighted by atomic mass is 32.2. The smallest absolute Gasteiger partial charge is 0.323 e. The molecule has 12 heavy (non-hydrogen) atoms. The van der Waals surface area contributed by atoms with E-state index in [4.69, 9.17) is 11.5 Å². The van der Waals surface area contributed by atoms with Crippen LogP contribution in [0, 0.1) is 0 Å². The first-order valence-electron chi connectivity index (χ1n) is 3.27. The van der Waals surface area contributed by atoms with E-state index >= 15 is 0 Å². The maximum atomic E-state index is 10.7. The Labute approximate surface area is 74.8 Å². The van der Waals surface area contributed by atoms with Gasteiger partial charge in [-0.3, -0.25) is 9.59 Å². The molecule has 0 radical (unpaired) electrons. The molecule has 1 amide bonds. The molecule has 0 heterocycles. The predicted octanol–water partition coefficient (Wildman–Crippen LogP) is -1.29. The topological polar surface area (TPSA) is 95.4 Å². The molecule has 0 rings (SSSR count). The van der Waals surface area contributed by atoms with Gasteiger partial charge in [-0.2, -0.15) is 0 Å². The van der Waals surface area contributed by atoms with Crippen molar-refractivity contribution in [1.29, 1.82) is 0 Å². The Balaban J connectivity index is 3.50. The number of primary amides is 1. The zero-order valence-corrected chi connectivity index (χ0v) is 7.60. The fourth-order valence-corrected chi connectivity index (χ4v) is 1.21. The highest BCUT2D eigenvalue weighted by molar-refractivity contribution is 8.00. The van der Waals surface area contributed by atoms with Gasteiger partial charge in [-0.25, -0.2) is 0 Å². The molecule has 1 atom stereocenters. The van der Waals surface area contributed by atoms with Gasteiger partial charge in [0.2, 0.25) is 5.91 Å². The first-order valence-corrected chi connectivity index (χ1v) is 4.43. The van der Waals surface area contributed by atoms with E-state index in [9.17, 15) is 9.59 Å². The monoisotopic (exact) mass is 192 g/mol. The first kappa shape index (κ1) is 11.2. The van der Waals surface area contributed by atoms with Gasteiger partial charge in [0, 0.05) is 5.75 Å². The lowest BCUT2D eigenvalue weighted by molar-refractivity contribution is -0.141. The number of nitrogens with two attached hydrogens (primary N) is 2. The maximum absolute atomic E-state index is 10.7. The van der Waals surface area contributed by atoms with Gasteiger partial charge in [0.25, 0.3) is 0 Å². The molecule has 0 aliphatic carbocycles. The lowest BCUT2D eigenvalue weighted by Crippen LogP contribution is -2.34. The normalized spacial score (nSPS) is 12.2. The summed E-state index contributed by atoms with van der Waals surface area (Å²) in [5.41, 5.74) is 10.2. The zero-order valence-electron chi connectivity index (χ0n) is 6.78. The van der Waals surface area contributed by atoms with Crippen LogP contribution in [0.5, 0.6) is 0 Å². The molecule has 70 valence electrons. The van der Waals surface area contributed by atoms with Crippen LogP contribution in [0.3, 0.4) is 0 Å². The molecule has 0 bridgehead atoms. The molecule has 0 aromatic carbocycles. The molecule has 0 fully saturated rings. The van der Waals surface area contributed by atoms with Crippen molar-refractivity contribution in [1.82, 2.24) is 0 Å². The van der Waals surface area contributed by atoms with Gasteiger partial charge in [0.15, 0.2) is 0 Å². The second-order valence-corrected chi connectivity index (χ2v) is 3.14. The minimum atomic E-state index is -0.681. The van der Waals surface area contributed by atoms with Crippen LogP contribution in [0.4, 0.5) is 0 Å². The Hall–Kier alpha value is -0.750. The van der Waals surface area contributed by atoms with Crippen LogP contribution in [0.2, 0.25) is 0 Å². The predicted molar refractivity (Wildman–Crippen MR) is 46.5 cm³/mol. The third kappa shape index (κ3) is 4.97. The summed E-state index contributed by atoms with van der Waals surface area (Å²) in [4.78, 5) is 21.0. The summed E-state index contributed by atoms with van der Waals surface area (Å²) in [6.07, 6.45) is 0. The van der Waals surface area contributed by atoms with Crippen molar-refractivity contribution < 1.29 is 14.3 Å². The van der Waals surface area contributed by atoms with Gasteiger partial charge < -0.3 is 16.2 Å². The largest absolute Gasteiger partial charge is 0.468 e. The van der Waals surface area contributed by atoms with E-state index in [0.29, 0.717) is 5.75 Å². The SMILES string of the molecule is COC(=O)C(N)CSCC(N)=O. The van der Waals surface area contributed by atoms with Crippen molar-refractivity contribution in [3.05, 3.63) is 0 Å². The van der Waals surface area contributed by atoms with Crippen LogP contribution in [0.1, 0.15) is 0 Å². The second-order valence-electron chi connectivity index (χ2n) is 2.11. The molecule has 0 spiro atoms. The van der Waals surface area contributed by atoms with Gasteiger partial charge in [-0.15, -0.1) is 11.8 Å². The van der Waals surface area contributed by atoms with Gasteiger partial charge in [0.05, 0.1) is 12.9 Å². The summed E-state index contributed by atoms with van der Waals surface area (Å²) >= 11 is 1.21. The van der Waals surface area contributed by atoms with E-state index in [1.807, 2.05) is 0 Å². The fourth-order valence-electron chi connectivity index (χ4n) is 0.506. The number of esters is 1. The summed E-state index contributed by atoms with van der Waals surface area (Å²) in [6.45, 7) is 0. The number of methoxy groups -OCH3 is 1. The van der Waals surface area contributed by atoms with Crippen LogP contribution in [0.15, 0.2) is 0 Å². The lowest BCUT2D eigenvalue weighted by Gasteiger charge is -2.06. The summed E-state index contributed by atoms with van der Waals surface area (Å²) < 4.78 is 4.38. The van der Waals surface area contributed by atoms with Crippen molar-refractivity contribution in [2.24, 2.45) is 11.5 Å². The quantitative estimate of drug-likeness (QED) is 0.528. The Morgan fingerprint density at radius 3 is 2.58 bits per heavy atom. The van der Waals surface area contributed by atoms with E-state index in [-0.39, 0.29) is 5.75 Å². The van der Waals surface area contributed by atoms with Crippen molar-refractivity contribution in [2.75, 3.05) is 18.6 Å². The average molecular weight is 192 g/mol. The van der Waals surface area contributed by atoms with Crippen LogP contribution >= 0.6 is 11.8 Å². The maximum Gasteiger partial charge on any atom is 0.323 e. The fraction of sp³-hybridized carbons (Fsp3) is 0.667. The summed E-state index contributed by atoms with van der Waals surface area (Å²) in [5.74, 6) is -0.385.